The van der Waals surface area contributed by atoms with Gasteiger partial charge in [-0.15, -0.1) is 5.10 Å². The quantitative estimate of drug-likeness (QED) is 0.852. The second kappa shape index (κ2) is 5.22. The Morgan fingerprint density at radius 1 is 1.21 bits per heavy atom. The molecule has 2 fully saturated rings. The largest absolute Gasteiger partial charge is 0.454 e. The van der Waals surface area contributed by atoms with E-state index in [1.54, 1.807) is 0 Å². The number of fused-ring (bicyclic) bond motifs is 1. The Morgan fingerprint density at radius 3 is 2.88 bits per heavy atom. The van der Waals surface area contributed by atoms with Crippen LogP contribution in [0.25, 0.3) is 0 Å². The monoisotopic (exact) mass is 326 g/mol. The van der Waals surface area contributed by atoms with Gasteiger partial charge >= 0.3 is 0 Å². The Kier molecular flexibility index (Phi) is 3.01. The Labute approximate surface area is 139 Å². The Bertz CT molecular complexity index is 793. The third kappa shape index (κ3) is 2.40. The molecular weight excluding hydrogens is 308 g/mol. The lowest BCUT2D eigenvalue weighted by molar-refractivity contribution is -0.136. The fraction of sp³-hybridized carbons (Fsp3) is 0.471. The van der Waals surface area contributed by atoms with Crippen LogP contribution in [0.4, 0.5) is 0 Å². The molecule has 7 heteroatoms. The molecule has 0 spiro atoms. The van der Waals surface area contributed by atoms with Gasteiger partial charge in [-0.1, -0.05) is 11.3 Å². The van der Waals surface area contributed by atoms with Crippen molar-refractivity contribution in [1.29, 1.82) is 0 Å². The molecule has 1 aromatic carbocycles. The molecule has 0 atom stereocenters. The summed E-state index contributed by atoms with van der Waals surface area (Å²) in [5.74, 6) is 2.21. The van der Waals surface area contributed by atoms with Gasteiger partial charge in [-0.25, -0.2) is 4.68 Å². The van der Waals surface area contributed by atoms with E-state index in [-0.39, 0.29) is 18.7 Å². The highest BCUT2D eigenvalue weighted by atomic mass is 16.7. The summed E-state index contributed by atoms with van der Waals surface area (Å²) in [4.78, 5) is 14.3. The lowest BCUT2D eigenvalue weighted by Gasteiger charge is -2.39. The van der Waals surface area contributed by atoms with Crippen molar-refractivity contribution < 1.29 is 14.3 Å². The predicted octanol–water partition coefficient (Wildman–Crippen LogP) is 1.51. The maximum atomic E-state index is 12.4. The van der Waals surface area contributed by atoms with Crippen LogP contribution in [0, 0.1) is 0 Å². The van der Waals surface area contributed by atoms with Crippen LogP contribution in [0.2, 0.25) is 0 Å². The zero-order valence-electron chi connectivity index (χ0n) is 13.2. The van der Waals surface area contributed by atoms with E-state index in [0.717, 1.165) is 22.8 Å². The molecule has 0 N–H and O–H groups in total. The number of hydrogen-bond acceptors (Lipinski definition) is 5. The van der Waals surface area contributed by atoms with Gasteiger partial charge in [0.25, 0.3) is 0 Å². The Balaban J connectivity index is 1.18. The summed E-state index contributed by atoms with van der Waals surface area (Å²) in [5, 5.41) is 8.45. The molecule has 7 nitrogen and oxygen atoms in total. The molecule has 0 unspecified atom stereocenters. The number of ether oxygens (including phenoxy) is 2. The average Bonchev–Trinajstić information content (AvgIpc) is 3.08. The average molecular weight is 326 g/mol. The number of carbonyl (C=O) groups excluding carboxylic acids is 1. The molecule has 2 aliphatic heterocycles. The van der Waals surface area contributed by atoms with Crippen molar-refractivity contribution in [3.63, 3.8) is 0 Å². The van der Waals surface area contributed by atoms with Crippen LogP contribution in [0.15, 0.2) is 24.4 Å². The number of nitrogens with zero attached hydrogens (tertiary/aromatic N) is 4. The topological polar surface area (TPSA) is 69.5 Å². The maximum Gasteiger partial charge on any atom is 0.231 e. The summed E-state index contributed by atoms with van der Waals surface area (Å²) in [5.41, 5.74) is 2.05. The minimum atomic E-state index is 0.132. The van der Waals surface area contributed by atoms with Gasteiger partial charge in [0.1, 0.15) is 0 Å². The van der Waals surface area contributed by atoms with Crippen LogP contribution in [-0.4, -0.2) is 45.7 Å². The summed E-state index contributed by atoms with van der Waals surface area (Å²) in [6, 6.07) is 5.92. The van der Waals surface area contributed by atoms with E-state index in [2.05, 4.69) is 10.3 Å². The highest BCUT2D eigenvalue weighted by Gasteiger charge is 2.34. The molecular formula is C17H18N4O3. The fourth-order valence-corrected chi connectivity index (χ4v) is 3.20. The van der Waals surface area contributed by atoms with E-state index in [1.165, 1.54) is 12.8 Å². The molecule has 1 saturated heterocycles. The number of hydrogen-bond donors (Lipinski definition) is 0. The molecule has 0 bridgehead atoms. The van der Waals surface area contributed by atoms with Gasteiger partial charge < -0.3 is 14.4 Å². The zero-order valence-corrected chi connectivity index (χ0v) is 13.2. The van der Waals surface area contributed by atoms with E-state index in [4.69, 9.17) is 9.47 Å². The summed E-state index contributed by atoms with van der Waals surface area (Å²) >= 11 is 0. The molecule has 1 aliphatic carbocycles. The van der Waals surface area contributed by atoms with Gasteiger partial charge in [-0.05, 0) is 30.5 Å². The second-order valence-electron chi connectivity index (χ2n) is 6.71. The number of likely N-dealkylation sites (tertiary alicyclic amines) is 1. The lowest BCUT2D eigenvalue weighted by atomic mass is 10.1. The van der Waals surface area contributed by atoms with Crippen LogP contribution in [0.5, 0.6) is 11.5 Å². The second-order valence-corrected chi connectivity index (χ2v) is 6.71. The fourth-order valence-electron chi connectivity index (χ4n) is 3.20. The first-order chi connectivity index (χ1) is 11.8. The van der Waals surface area contributed by atoms with Gasteiger partial charge in [0, 0.05) is 25.2 Å². The number of carbonyl (C=O) groups is 1. The molecule has 24 heavy (non-hydrogen) atoms. The molecule has 3 heterocycles. The van der Waals surface area contributed by atoms with Gasteiger partial charge in [0.15, 0.2) is 11.5 Å². The summed E-state index contributed by atoms with van der Waals surface area (Å²) in [6.45, 7) is 1.66. The first-order valence-electron chi connectivity index (χ1n) is 8.34. The highest BCUT2D eigenvalue weighted by molar-refractivity contribution is 5.79. The highest BCUT2D eigenvalue weighted by Crippen LogP contribution is 2.39. The number of aromatic nitrogens is 3. The van der Waals surface area contributed by atoms with Gasteiger partial charge in [0.05, 0.1) is 18.2 Å². The van der Waals surface area contributed by atoms with Crippen LogP contribution < -0.4 is 9.47 Å². The van der Waals surface area contributed by atoms with Crippen molar-refractivity contribution in [1.82, 2.24) is 19.9 Å². The summed E-state index contributed by atoms with van der Waals surface area (Å²) in [6.07, 6.45) is 4.88. The van der Waals surface area contributed by atoms with Gasteiger partial charge in [0.2, 0.25) is 12.7 Å². The van der Waals surface area contributed by atoms with Crippen molar-refractivity contribution in [3.05, 3.63) is 35.7 Å². The predicted molar refractivity (Wildman–Crippen MR) is 83.9 cm³/mol. The first-order valence-corrected chi connectivity index (χ1v) is 8.34. The summed E-state index contributed by atoms with van der Waals surface area (Å²) in [7, 11) is 0. The molecule has 0 radical (unpaired) electrons. The van der Waals surface area contributed by atoms with Crippen LogP contribution >= 0.6 is 0 Å². The van der Waals surface area contributed by atoms with Crippen molar-refractivity contribution in [3.8, 4) is 11.5 Å². The summed E-state index contributed by atoms with van der Waals surface area (Å²) < 4.78 is 12.6. The number of benzene rings is 1. The van der Waals surface area contributed by atoms with E-state index < -0.39 is 0 Å². The third-order valence-corrected chi connectivity index (χ3v) is 4.91. The first kappa shape index (κ1) is 13.8. The smallest absolute Gasteiger partial charge is 0.231 e. The molecule has 5 rings (SSSR count). The van der Waals surface area contributed by atoms with E-state index in [9.17, 15) is 4.79 Å². The lowest BCUT2D eigenvalue weighted by Crippen LogP contribution is -2.51. The number of rotatable bonds is 4. The van der Waals surface area contributed by atoms with Crippen molar-refractivity contribution in [2.75, 3.05) is 19.9 Å². The molecule has 124 valence electrons. The third-order valence-electron chi connectivity index (χ3n) is 4.91. The molecule has 1 aromatic heterocycles. The van der Waals surface area contributed by atoms with Gasteiger partial charge in [-0.3, -0.25) is 4.79 Å². The minimum Gasteiger partial charge on any atom is -0.454 e. The van der Waals surface area contributed by atoms with Crippen molar-refractivity contribution in [2.24, 2.45) is 0 Å². The minimum absolute atomic E-state index is 0.132. The molecule has 1 saturated carbocycles. The molecule has 2 aromatic rings. The van der Waals surface area contributed by atoms with Crippen LogP contribution in [0.3, 0.4) is 0 Å². The van der Waals surface area contributed by atoms with E-state index in [0.29, 0.717) is 25.4 Å². The van der Waals surface area contributed by atoms with Crippen molar-refractivity contribution >= 4 is 5.91 Å². The maximum absolute atomic E-state index is 12.4. The van der Waals surface area contributed by atoms with Gasteiger partial charge in [-0.2, -0.15) is 0 Å². The SMILES string of the molecule is O=C(Cc1ccc2c(c1)OCO2)N1CC(n2cc(C3CC3)nn2)C1. The Hall–Kier alpha value is -2.57. The Morgan fingerprint density at radius 2 is 2.04 bits per heavy atom. The van der Waals surface area contributed by atoms with E-state index >= 15 is 0 Å². The standard InChI is InChI=1S/C17H18N4O3/c22-17(6-11-1-4-15-16(5-11)24-10-23-15)20-7-13(8-20)21-9-14(18-19-21)12-2-3-12/h1,4-5,9,12-13H,2-3,6-8,10H2. The number of amides is 1. The molecule has 1 amide bonds. The molecule has 3 aliphatic rings. The normalized spacial score (nSPS) is 19.4. The van der Waals surface area contributed by atoms with Crippen LogP contribution in [-0.2, 0) is 11.2 Å². The van der Waals surface area contributed by atoms with Crippen molar-refractivity contribution in [2.45, 2.75) is 31.2 Å². The van der Waals surface area contributed by atoms with E-state index in [1.807, 2.05) is 34.0 Å². The van der Waals surface area contributed by atoms with Crippen LogP contribution in [0.1, 0.15) is 36.1 Å². The zero-order chi connectivity index (χ0) is 16.1.